The summed E-state index contributed by atoms with van der Waals surface area (Å²) in [5, 5.41) is 0. The third-order valence-electron chi connectivity index (χ3n) is 2.84. The summed E-state index contributed by atoms with van der Waals surface area (Å²) in [6.45, 7) is 1.88. The van der Waals surface area contributed by atoms with E-state index in [4.69, 9.17) is 9.47 Å². The number of carbonyl (C=O) groups is 1. The predicted molar refractivity (Wildman–Crippen MR) is 87.4 cm³/mol. The number of hydrogen-bond acceptors (Lipinski definition) is 4. The molecule has 0 saturated carbocycles. The largest absolute Gasteiger partial charge is 0.493 e. The van der Waals surface area contributed by atoms with Crippen LogP contribution in [0.5, 0.6) is 11.5 Å². The van der Waals surface area contributed by atoms with Crippen molar-refractivity contribution in [1.29, 1.82) is 0 Å². The average molecular weight is 420 g/mol. The molecule has 0 unspecified atom stereocenters. The number of ether oxygens (including phenoxy) is 2. The van der Waals surface area contributed by atoms with Gasteiger partial charge in [-0.15, -0.1) is 11.3 Å². The molecule has 0 aliphatic rings. The zero-order valence-electron chi connectivity index (χ0n) is 11.1. The first kappa shape index (κ1) is 15.5. The lowest BCUT2D eigenvalue weighted by Gasteiger charge is -2.11. The number of thiophene rings is 1. The Kier molecular flexibility index (Phi) is 4.88. The molecule has 0 bridgehead atoms. The Bertz CT molecular complexity index is 645. The van der Waals surface area contributed by atoms with Crippen molar-refractivity contribution in [2.45, 2.75) is 6.92 Å². The number of halogens is 2. The number of carbonyl (C=O) groups excluding carboxylic acids is 1. The summed E-state index contributed by atoms with van der Waals surface area (Å²) in [7, 11) is 3.13. The van der Waals surface area contributed by atoms with Gasteiger partial charge in [-0.3, -0.25) is 4.79 Å². The summed E-state index contributed by atoms with van der Waals surface area (Å²) >= 11 is 8.19. The third-order valence-corrected chi connectivity index (χ3v) is 6.10. The van der Waals surface area contributed by atoms with Crippen molar-refractivity contribution in [2.24, 2.45) is 0 Å². The molecule has 2 aromatic rings. The maximum absolute atomic E-state index is 12.6. The number of rotatable bonds is 4. The molecular weight excluding hydrogens is 408 g/mol. The number of hydrogen-bond donors (Lipinski definition) is 0. The SMILES string of the molecule is COc1cc(C)c(C(=O)c2cc(Br)c(Br)s2)cc1OC. The van der Waals surface area contributed by atoms with Crippen molar-refractivity contribution in [3.63, 3.8) is 0 Å². The van der Waals surface area contributed by atoms with Gasteiger partial charge >= 0.3 is 0 Å². The van der Waals surface area contributed by atoms with E-state index >= 15 is 0 Å². The van der Waals surface area contributed by atoms with Gasteiger partial charge in [-0.05, 0) is 62.5 Å². The van der Waals surface area contributed by atoms with Crippen molar-refractivity contribution in [2.75, 3.05) is 14.2 Å². The number of aryl methyl sites for hydroxylation is 1. The van der Waals surface area contributed by atoms with Crippen LogP contribution in [-0.2, 0) is 0 Å². The maximum atomic E-state index is 12.6. The lowest BCUT2D eigenvalue weighted by Crippen LogP contribution is -2.03. The number of benzene rings is 1. The van der Waals surface area contributed by atoms with Gasteiger partial charge in [0.05, 0.1) is 22.9 Å². The maximum Gasteiger partial charge on any atom is 0.203 e. The molecule has 2 rings (SSSR count). The van der Waals surface area contributed by atoms with Crippen LogP contribution in [0.2, 0.25) is 0 Å². The normalized spacial score (nSPS) is 10.4. The fourth-order valence-electron chi connectivity index (χ4n) is 1.82. The molecular formula is C14H12Br2O3S. The van der Waals surface area contributed by atoms with E-state index in [1.54, 1.807) is 20.3 Å². The first-order valence-electron chi connectivity index (χ1n) is 5.70. The topological polar surface area (TPSA) is 35.5 Å². The molecule has 0 spiro atoms. The van der Waals surface area contributed by atoms with E-state index in [1.807, 2.05) is 19.1 Å². The second-order valence-electron chi connectivity index (χ2n) is 4.08. The molecule has 0 N–H and O–H groups in total. The van der Waals surface area contributed by atoms with Gasteiger partial charge < -0.3 is 9.47 Å². The van der Waals surface area contributed by atoms with Crippen LogP contribution in [0.25, 0.3) is 0 Å². The second kappa shape index (κ2) is 6.28. The minimum absolute atomic E-state index is 0.0279. The van der Waals surface area contributed by atoms with Gasteiger partial charge in [-0.25, -0.2) is 0 Å². The summed E-state index contributed by atoms with van der Waals surface area (Å²) in [6, 6.07) is 5.34. The Morgan fingerprint density at radius 3 is 2.20 bits per heavy atom. The van der Waals surface area contributed by atoms with Crippen LogP contribution in [0.4, 0.5) is 0 Å². The Balaban J connectivity index is 2.49. The molecule has 0 aliphatic carbocycles. The zero-order chi connectivity index (χ0) is 14.9. The first-order valence-corrected chi connectivity index (χ1v) is 8.10. The first-order chi connectivity index (χ1) is 9.47. The summed E-state index contributed by atoms with van der Waals surface area (Å²) < 4.78 is 12.3. The molecule has 106 valence electrons. The van der Waals surface area contributed by atoms with Gasteiger partial charge in [0.2, 0.25) is 5.78 Å². The molecule has 0 radical (unpaired) electrons. The quantitative estimate of drug-likeness (QED) is 0.665. The minimum Gasteiger partial charge on any atom is -0.493 e. The highest BCUT2D eigenvalue weighted by Gasteiger charge is 2.18. The molecule has 3 nitrogen and oxygen atoms in total. The van der Waals surface area contributed by atoms with Gasteiger partial charge in [0.25, 0.3) is 0 Å². The predicted octanol–water partition coefficient (Wildman–Crippen LogP) is 4.83. The molecule has 0 aliphatic heterocycles. The van der Waals surface area contributed by atoms with E-state index in [2.05, 4.69) is 31.9 Å². The van der Waals surface area contributed by atoms with E-state index in [-0.39, 0.29) is 5.78 Å². The highest BCUT2D eigenvalue weighted by molar-refractivity contribution is 9.13. The highest BCUT2D eigenvalue weighted by atomic mass is 79.9. The van der Waals surface area contributed by atoms with Gasteiger partial charge in [0.15, 0.2) is 11.5 Å². The fraction of sp³-hybridized carbons (Fsp3) is 0.214. The molecule has 0 amide bonds. The van der Waals surface area contributed by atoms with Crippen molar-refractivity contribution in [1.82, 2.24) is 0 Å². The Morgan fingerprint density at radius 1 is 1.10 bits per heavy atom. The molecule has 1 aromatic heterocycles. The van der Waals surface area contributed by atoms with Crippen molar-refractivity contribution in [3.05, 3.63) is 42.5 Å². The number of methoxy groups -OCH3 is 2. The third kappa shape index (κ3) is 2.92. The van der Waals surface area contributed by atoms with Crippen LogP contribution >= 0.6 is 43.2 Å². The van der Waals surface area contributed by atoms with E-state index in [0.29, 0.717) is 21.9 Å². The second-order valence-corrected chi connectivity index (χ2v) is 7.31. The van der Waals surface area contributed by atoms with Gasteiger partial charge in [-0.2, -0.15) is 0 Å². The zero-order valence-corrected chi connectivity index (χ0v) is 15.1. The van der Waals surface area contributed by atoms with E-state index in [0.717, 1.165) is 13.8 Å². The summed E-state index contributed by atoms with van der Waals surface area (Å²) in [4.78, 5) is 13.2. The summed E-state index contributed by atoms with van der Waals surface area (Å²) in [5.41, 5.74) is 1.47. The van der Waals surface area contributed by atoms with Crippen LogP contribution in [0.3, 0.4) is 0 Å². The van der Waals surface area contributed by atoms with Crippen LogP contribution < -0.4 is 9.47 Å². The van der Waals surface area contributed by atoms with Crippen LogP contribution in [0.1, 0.15) is 20.8 Å². The van der Waals surface area contributed by atoms with Crippen LogP contribution in [0.15, 0.2) is 26.5 Å². The van der Waals surface area contributed by atoms with Crippen molar-refractivity contribution >= 4 is 49.0 Å². The van der Waals surface area contributed by atoms with Crippen molar-refractivity contribution < 1.29 is 14.3 Å². The van der Waals surface area contributed by atoms with Gasteiger partial charge in [0.1, 0.15) is 0 Å². The fourth-order valence-corrected chi connectivity index (χ4v) is 3.81. The molecule has 0 fully saturated rings. The molecule has 6 heteroatoms. The molecule has 1 heterocycles. The van der Waals surface area contributed by atoms with Crippen molar-refractivity contribution in [3.8, 4) is 11.5 Å². The van der Waals surface area contributed by atoms with Crippen LogP contribution in [0, 0.1) is 6.92 Å². The summed E-state index contributed by atoms with van der Waals surface area (Å²) in [5.74, 6) is 1.14. The minimum atomic E-state index is -0.0279. The van der Waals surface area contributed by atoms with E-state index in [9.17, 15) is 4.79 Å². The summed E-state index contributed by atoms with van der Waals surface area (Å²) in [6.07, 6.45) is 0. The van der Waals surface area contributed by atoms with Gasteiger partial charge in [0, 0.05) is 10.0 Å². The standard InChI is InChI=1S/C14H12Br2O3S/c1-7-4-10(18-2)11(19-3)5-8(7)13(17)12-6-9(15)14(16)20-12/h4-6H,1-3H3. The lowest BCUT2D eigenvalue weighted by atomic mass is 10.0. The molecule has 20 heavy (non-hydrogen) atoms. The highest BCUT2D eigenvalue weighted by Crippen LogP contribution is 2.36. The van der Waals surface area contributed by atoms with E-state index in [1.165, 1.54) is 11.3 Å². The number of ketones is 1. The molecule has 0 atom stereocenters. The average Bonchev–Trinajstić information content (AvgIpc) is 2.77. The Hall–Kier alpha value is -0.850. The molecule has 1 aromatic carbocycles. The Labute approximate surface area is 138 Å². The van der Waals surface area contributed by atoms with Crippen LogP contribution in [-0.4, -0.2) is 20.0 Å². The Morgan fingerprint density at radius 2 is 1.70 bits per heavy atom. The smallest absolute Gasteiger partial charge is 0.203 e. The molecule has 0 saturated heterocycles. The lowest BCUT2D eigenvalue weighted by molar-refractivity contribution is 0.104. The van der Waals surface area contributed by atoms with Gasteiger partial charge in [-0.1, -0.05) is 0 Å². The van der Waals surface area contributed by atoms with E-state index < -0.39 is 0 Å². The monoisotopic (exact) mass is 418 g/mol.